The quantitative estimate of drug-likeness (QED) is 0.657. The molecule has 1 atom stereocenters. The second-order valence-corrected chi connectivity index (χ2v) is 9.11. The van der Waals surface area contributed by atoms with Gasteiger partial charge in [0, 0.05) is 44.5 Å². The van der Waals surface area contributed by atoms with Crippen LogP contribution in [-0.4, -0.2) is 22.6 Å². The second kappa shape index (κ2) is 8.48. The van der Waals surface area contributed by atoms with Crippen molar-refractivity contribution in [2.45, 2.75) is 37.6 Å². The minimum absolute atomic E-state index is 0.00253. The summed E-state index contributed by atoms with van der Waals surface area (Å²) in [5.41, 5.74) is 10.6. The molecule has 2 aromatic carbocycles. The molecular formula is C26H27F2N3O2. The molecule has 7 heteroatoms. The van der Waals surface area contributed by atoms with Crippen LogP contribution in [-0.2, 0) is 30.5 Å². The van der Waals surface area contributed by atoms with E-state index in [0.717, 1.165) is 66.9 Å². The van der Waals surface area contributed by atoms with Gasteiger partial charge in [-0.05, 0) is 47.2 Å². The zero-order chi connectivity index (χ0) is 23.2. The smallest absolute Gasteiger partial charge is 0.250 e. The molecular weight excluding hydrogens is 424 g/mol. The van der Waals surface area contributed by atoms with E-state index < -0.39 is 17.7 Å². The molecule has 2 N–H and O–H groups in total. The maximum atomic E-state index is 13.5. The Hall–Kier alpha value is -2.87. The van der Waals surface area contributed by atoms with Gasteiger partial charge in [-0.2, -0.15) is 0 Å². The van der Waals surface area contributed by atoms with Gasteiger partial charge in [0.25, 0.3) is 5.56 Å². The maximum absolute atomic E-state index is 13.5. The average Bonchev–Trinajstić information content (AvgIpc) is 3.14. The second-order valence-electron chi connectivity index (χ2n) is 9.11. The minimum atomic E-state index is -0.892. The first kappa shape index (κ1) is 21.9. The number of hydrogen-bond donors (Lipinski definition) is 1. The predicted molar refractivity (Wildman–Crippen MR) is 121 cm³/mol. The topological polar surface area (TPSA) is 60.5 Å². The predicted octanol–water partition coefficient (Wildman–Crippen LogP) is 3.73. The first-order chi connectivity index (χ1) is 15.8. The summed E-state index contributed by atoms with van der Waals surface area (Å²) in [6.07, 6.45) is 3.60. The Morgan fingerprint density at radius 3 is 2.42 bits per heavy atom. The number of halogens is 2. The Morgan fingerprint density at radius 2 is 1.73 bits per heavy atom. The van der Waals surface area contributed by atoms with Crippen LogP contribution in [0.4, 0.5) is 8.78 Å². The molecule has 1 fully saturated rings. The van der Waals surface area contributed by atoms with Gasteiger partial charge in [0.2, 0.25) is 0 Å². The van der Waals surface area contributed by atoms with Crippen molar-refractivity contribution in [3.63, 3.8) is 0 Å². The van der Waals surface area contributed by atoms with Gasteiger partial charge in [-0.3, -0.25) is 9.69 Å². The number of hydrogen-bond acceptors (Lipinski definition) is 4. The SMILES string of the molecule is Cn1cc2c(cc1=O)C1(CCN(Cc3ccc(C(N)c4ccc(F)c(F)c4)cc3)CC1)OC2. The van der Waals surface area contributed by atoms with Crippen molar-refractivity contribution in [1.29, 1.82) is 0 Å². The summed E-state index contributed by atoms with van der Waals surface area (Å²) in [6.45, 7) is 3.12. The Balaban J connectivity index is 1.23. The van der Waals surface area contributed by atoms with E-state index in [-0.39, 0.29) is 11.2 Å². The van der Waals surface area contributed by atoms with E-state index in [0.29, 0.717) is 12.2 Å². The van der Waals surface area contributed by atoms with Crippen LogP contribution in [0.1, 0.15) is 46.7 Å². The van der Waals surface area contributed by atoms with Crippen LogP contribution in [0, 0.1) is 11.6 Å². The Kier molecular flexibility index (Phi) is 5.64. The van der Waals surface area contributed by atoms with E-state index in [9.17, 15) is 13.6 Å². The number of ether oxygens (including phenoxy) is 1. The molecule has 0 saturated carbocycles. The number of rotatable bonds is 4. The lowest BCUT2D eigenvalue weighted by Crippen LogP contribution is -2.42. The van der Waals surface area contributed by atoms with Gasteiger partial charge >= 0.3 is 0 Å². The molecule has 1 saturated heterocycles. The fraction of sp³-hybridized carbons (Fsp3) is 0.346. The number of nitrogens with two attached hydrogens (primary N) is 1. The van der Waals surface area contributed by atoms with Crippen molar-refractivity contribution in [3.8, 4) is 0 Å². The summed E-state index contributed by atoms with van der Waals surface area (Å²) in [4.78, 5) is 14.5. The van der Waals surface area contributed by atoms with E-state index in [1.165, 1.54) is 6.07 Å². The number of aromatic nitrogens is 1. The summed E-state index contributed by atoms with van der Waals surface area (Å²) < 4.78 is 34.6. The van der Waals surface area contributed by atoms with E-state index >= 15 is 0 Å². The number of nitrogens with zero attached hydrogens (tertiary/aromatic N) is 2. The molecule has 1 unspecified atom stereocenters. The summed E-state index contributed by atoms with van der Waals surface area (Å²) in [5, 5.41) is 0. The molecule has 1 spiro atoms. The molecule has 1 aromatic heterocycles. The lowest BCUT2D eigenvalue weighted by Gasteiger charge is -2.39. The zero-order valence-corrected chi connectivity index (χ0v) is 18.6. The van der Waals surface area contributed by atoms with Gasteiger partial charge in [-0.25, -0.2) is 8.78 Å². The summed E-state index contributed by atoms with van der Waals surface area (Å²) in [5.74, 6) is -1.77. The molecule has 2 aliphatic heterocycles. The van der Waals surface area contributed by atoms with Gasteiger partial charge in [-0.15, -0.1) is 0 Å². The molecule has 3 aromatic rings. The first-order valence-corrected chi connectivity index (χ1v) is 11.2. The fourth-order valence-electron chi connectivity index (χ4n) is 4.99. The highest BCUT2D eigenvalue weighted by Crippen LogP contribution is 2.43. The van der Waals surface area contributed by atoms with Crippen LogP contribution < -0.4 is 11.3 Å². The van der Waals surface area contributed by atoms with E-state index in [4.69, 9.17) is 10.5 Å². The summed E-state index contributed by atoms with van der Waals surface area (Å²) >= 11 is 0. The number of aryl methyl sites for hydroxylation is 1. The number of likely N-dealkylation sites (tertiary alicyclic amines) is 1. The highest BCUT2D eigenvalue weighted by molar-refractivity contribution is 5.35. The third-order valence-corrected chi connectivity index (χ3v) is 7.02. The highest BCUT2D eigenvalue weighted by atomic mass is 19.2. The minimum Gasteiger partial charge on any atom is -0.365 e. The van der Waals surface area contributed by atoms with Gasteiger partial charge in [-0.1, -0.05) is 30.3 Å². The van der Waals surface area contributed by atoms with Crippen molar-refractivity contribution in [2.75, 3.05) is 13.1 Å². The molecule has 5 rings (SSSR count). The largest absolute Gasteiger partial charge is 0.365 e. The third-order valence-electron chi connectivity index (χ3n) is 7.02. The monoisotopic (exact) mass is 451 g/mol. The number of piperidine rings is 1. The van der Waals surface area contributed by atoms with Crippen LogP contribution in [0.25, 0.3) is 0 Å². The molecule has 33 heavy (non-hydrogen) atoms. The van der Waals surface area contributed by atoms with Crippen molar-refractivity contribution in [1.82, 2.24) is 9.47 Å². The van der Waals surface area contributed by atoms with Crippen LogP contribution in [0.15, 0.2) is 59.5 Å². The van der Waals surface area contributed by atoms with E-state index in [2.05, 4.69) is 4.90 Å². The van der Waals surface area contributed by atoms with Gasteiger partial charge in [0.15, 0.2) is 11.6 Å². The van der Waals surface area contributed by atoms with Gasteiger partial charge in [0.1, 0.15) is 0 Å². The van der Waals surface area contributed by atoms with Crippen molar-refractivity contribution >= 4 is 0 Å². The molecule has 2 aliphatic rings. The van der Waals surface area contributed by atoms with Crippen LogP contribution >= 0.6 is 0 Å². The van der Waals surface area contributed by atoms with Crippen LogP contribution in [0.2, 0.25) is 0 Å². The Morgan fingerprint density at radius 1 is 1.03 bits per heavy atom. The van der Waals surface area contributed by atoms with E-state index in [1.807, 2.05) is 30.5 Å². The molecule has 3 heterocycles. The highest BCUT2D eigenvalue weighted by Gasteiger charge is 2.43. The molecule has 5 nitrogen and oxygen atoms in total. The zero-order valence-electron chi connectivity index (χ0n) is 18.6. The van der Waals surface area contributed by atoms with Gasteiger partial charge < -0.3 is 15.0 Å². The van der Waals surface area contributed by atoms with Crippen molar-refractivity contribution in [2.24, 2.45) is 12.8 Å². The lowest BCUT2D eigenvalue weighted by molar-refractivity contribution is -0.0799. The first-order valence-electron chi connectivity index (χ1n) is 11.2. The molecule has 0 aliphatic carbocycles. The summed E-state index contributed by atoms with van der Waals surface area (Å²) in [6, 6.07) is 12.9. The van der Waals surface area contributed by atoms with Crippen molar-refractivity contribution in [3.05, 3.63) is 105 Å². The number of fused-ring (bicyclic) bond motifs is 2. The van der Waals surface area contributed by atoms with Crippen molar-refractivity contribution < 1.29 is 13.5 Å². The summed E-state index contributed by atoms with van der Waals surface area (Å²) in [7, 11) is 1.77. The van der Waals surface area contributed by atoms with Gasteiger partial charge in [0.05, 0.1) is 18.2 Å². The van der Waals surface area contributed by atoms with Crippen LogP contribution in [0.3, 0.4) is 0 Å². The Labute approximate surface area is 191 Å². The third kappa shape index (κ3) is 4.12. The number of benzene rings is 2. The average molecular weight is 452 g/mol. The fourth-order valence-corrected chi connectivity index (χ4v) is 4.99. The lowest BCUT2D eigenvalue weighted by atomic mass is 9.84. The van der Waals surface area contributed by atoms with Crippen LogP contribution in [0.5, 0.6) is 0 Å². The molecule has 0 amide bonds. The molecule has 0 bridgehead atoms. The Bertz CT molecular complexity index is 1230. The van der Waals surface area contributed by atoms with E-state index in [1.54, 1.807) is 17.7 Å². The maximum Gasteiger partial charge on any atom is 0.250 e. The molecule has 0 radical (unpaired) electrons. The normalized spacial score (nSPS) is 18.4. The molecule has 172 valence electrons. The standard InChI is InChI=1S/C26H27F2N3O2/c1-30-15-20-16-33-26(21(20)13-24(30)32)8-10-31(11-9-26)14-17-2-4-18(5-3-17)25(29)19-6-7-22(27)23(28)12-19/h2-7,12-13,15,25H,8-11,14,16,29H2,1H3. The number of pyridine rings is 1.